The van der Waals surface area contributed by atoms with Gasteiger partial charge in [0, 0.05) is 25.4 Å². The van der Waals surface area contributed by atoms with Crippen molar-refractivity contribution in [3.63, 3.8) is 0 Å². The van der Waals surface area contributed by atoms with E-state index in [1.54, 1.807) is 20.8 Å². The van der Waals surface area contributed by atoms with E-state index in [9.17, 15) is 24.3 Å². The lowest BCUT2D eigenvalue weighted by atomic mass is 9.98. The van der Waals surface area contributed by atoms with Crippen molar-refractivity contribution in [2.24, 2.45) is 0 Å². The maximum atomic E-state index is 12.5. The van der Waals surface area contributed by atoms with Crippen LogP contribution < -0.4 is 16.0 Å². The minimum absolute atomic E-state index is 0.0547. The quantitative estimate of drug-likeness (QED) is 0.266. The molecule has 216 valence electrons. The highest BCUT2D eigenvalue weighted by atomic mass is 16.6. The fraction of sp³-hybridized carbons (Fsp3) is 0.467. The summed E-state index contributed by atoms with van der Waals surface area (Å²) >= 11 is 0. The predicted molar refractivity (Wildman–Crippen MR) is 150 cm³/mol. The number of carbonyl (C=O) groups is 4. The van der Waals surface area contributed by atoms with E-state index in [0.29, 0.717) is 19.5 Å². The summed E-state index contributed by atoms with van der Waals surface area (Å²) in [5, 5.41) is 17.3. The van der Waals surface area contributed by atoms with E-state index >= 15 is 0 Å². The number of alkyl carbamates (subject to hydrolysis) is 2. The summed E-state index contributed by atoms with van der Waals surface area (Å²) in [5.74, 6) is -1.67. The van der Waals surface area contributed by atoms with E-state index < -0.39 is 29.8 Å². The average Bonchev–Trinajstić information content (AvgIpc) is 3.21. The maximum Gasteiger partial charge on any atom is 0.407 e. The number of aliphatic carboxylic acids is 1. The smallest absolute Gasteiger partial charge is 0.407 e. The Labute approximate surface area is 234 Å². The minimum atomic E-state index is -1.25. The number of benzene rings is 2. The molecule has 2 aromatic carbocycles. The van der Waals surface area contributed by atoms with Gasteiger partial charge in [0.05, 0.1) is 0 Å². The van der Waals surface area contributed by atoms with Gasteiger partial charge in [-0.25, -0.2) is 14.4 Å². The summed E-state index contributed by atoms with van der Waals surface area (Å²) < 4.78 is 10.6. The molecule has 1 aliphatic rings. The molecule has 40 heavy (non-hydrogen) atoms. The van der Waals surface area contributed by atoms with Crippen molar-refractivity contribution in [1.29, 1.82) is 0 Å². The van der Waals surface area contributed by atoms with Gasteiger partial charge in [-0.05, 0) is 68.7 Å². The number of hydrogen-bond acceptors (Lipinski definition) is 6. The zero-order valence-corrected chi connectivity index (χ0v) is 23.3. The molecule has 0 unspecified atom stereocenters. The Morgan fingerprint density at radius 3 is 2.00 bits per heavy atom. The third-order valence-electron chi connectivity index (χ3n) is 6.44. The predicted octanol–water partition coefficient (Wildman–Crippen LogP) is 4.57. The molecule has 0 bridgehead atoms. The van der Waals surface area contributed by atoms with Crippen molar-refractivity contribution >= 4 is 24.1 Å². The Morgan fingerprint density at radius 2 is 1.43 bits per heavy atom. The Balaban J connectivity index is 1.34. The number of carboxylic acids is 1. The molecule has 0 saturated heterocycles. The van der Waals surface area contributed by atoms with Gasteiger partial charge in [-0.15, -0.1) is 0 Å². The summed E-state index contributed by atoms with van der Waals surface area (Å²) in [5.41, 5.74) is 3.77. The summed E-state index contributed by atoms with van der Waals surface area (Å²) in [7, 11) is 0. The SMILES string of the molecule is CC(C)(C)OC(=O)NCCCCCNC(=O)CC[C@H](NC(=O)OCC1c2ccccc2-c2ccccc21)C(=O)O. The summed E-state index contributed by atoms with van der Waals surface area (Å²) in [6, 6.07) is 14.6. The minimum Gasteiger partial charge on any atom is -0.480 e. The number of hydrogen-bond donors (Lipinski definition) is 4. The molecule has 0 saturated carbocycles. The van der Waals surface area contributed by atoms with Gasteiger partial charge in [-0.1, -0.05) is 48.5 Å². The van der Waals surface area contributed by atoms with E-state index in [-0.39, 0.29) is 31.3 Å². The standard InChI is InChI=1S/C30H39N3O7/c1-30(2,3)40-28(37)32-18-10-4-9-17-31-26(34)16-15-25(27(35)36)33-29(38)39-19-24-22-13-7-5-11-20(22)21-12-6-8-14-23(21)24/h5-8,11-14,24-25H,4,9-10,15-19H2,1-3H3,(H,31,34)(H,32,37)(H,33,38)(H,35,36)/t25-/m0/s1. The van der Waals surface area contributed by atoms with Crippen molar-refractivity contribution in [2.75, 3.05) is 19.7 Å². The number of rotatable bonds is 13. The van der Waals surface area contributed by atoms with Gasteiger partial charge in [0.2, 0.25) is 5.91 Å². The Morgan fingerprint density at radius 1 is 0.850 bits per heavy atom. The molecule has 3 amide bonds. The van der Waals surface area contributed by atoms with Crippen LogP contribution in [-0.4, -0.2) is 60.5 Å². The van der Waals surface area contributed by atoms with Crippen LogP contribution in [0.15, 0.2) is 48.5 Å². The molecule has 1 aliphatic carbocycles. The molecule has 0 fully saturated rings. The van der Waals surface area contributed by atoms with Gasteiger partial charge in [-0.3, -0.25) is 4.79 Å². The van der Waals surface area contributed by atoms with E-state index in [1.165, 1.54) is 0 Å². The molecule has 0 radical (unpaired) electrons. The first-order valence-corrected chi connectivity index (χ1v) is 13.6. The highest BCUT2D eigenvalue weighted by Gasteiger charge is 2.30. The van der Waals surface area contributed by atoms with Crippen LogP contribution in [0.25, 0.3) is 11.1 Å². The summed E-state index contributed by atoms with van der Waals surface area (Å²) in [6.45, 7) is 6.37. The Hall–Kier alpha value is -4.08. The van der Waals surface area contributed by atoms with Crippen LogP contribution in [0.1, 0.15) is 69.9 Å². The number of carboxylic acid groups (broad SMARTS) is 1. The maximum absolute atomic E-state index is 12.5. The van der Waals surface area contributed by atoms with Crippen molar-refractivity contribution in [2.45, 2.75) is 70.4 Å². The van der Waals surface area contributed by atoms with Crippen LogP contribution in [0.5, 0.6) is 0 Å². The van der Waals surface area contributed by atoms with E-state index in [1.807, 2.05) is 48.5 Å². The molecule has 1 atom stereocenters. The van der Waals surface area contributed by atoms with Crippen LogP contribution in [0.3, 0.4) is 0 Å². The highest BCUT2D eigenvalue weighted by Crippen LogP contribution is 2.44. The zero-order chi connectivity index (χ0) is 29.1. The third kappa shape index (κ3) is 9.29. The second-order valence-electron chi connectivity index (χ2n) is 10.7. The van der Waals surface area contributed by atoms with E-state index in [2.05, 4.69) is 16.0 Å². The van der Waals surface area contributed by atoms with E-state index in [0.717, 1.165) is 35.1 Å². The van der Waals surface area contributed by atoms with Gasteiger partial charge in [0.15, 0.2) is 0 Å². The molecule has 0 aliphatic heterocycles. The van der Waals surface area contributed by atoms with Gasteiger partial charge in [-0.2, -0.15) is 0 Å². The van der Waals surface area contributed by atoms with Crippen molar-refractivity contribution in [1.82, 2.24) is 16.0 Å². The number of amides is 3. The lowest BCUT2D eigenvalue weighted by molar-refractivity contribution is -0.139. The number of ether oxygens (including phenoxy) is 2. The fourth-order valence-corrected chi connectivity index (χ4v) is 4.56. The molecule has 3 rings (SSSR count). The number of unbranched alkanes of at least 4 members (excludes halogenated alkanes) is 2. The van der Waals surface area contributed by atoms with Gasteiger partial charge >= 0.3 is 18.2 Å². The molecule has 0 spiro atoms. The first-order valence-electron chi connectivity index (χ1n) is 13.6. The van der Waals surface area contributed by atoms with Crippen LogP contribution in [0, 0.1) is 0 Å². The van der Waals surface area contributed by atoms with Crippen LogP contribution in [0.4, 0.5) is 9.59 Å². The monoisotopic (exact) mass is 553 g/mol. The molecule has 0 aromatic heterocycles. The summed E-state index contributed by atoms with van der Waals surface area (Å²) in [4.78, 5) is 47.9. The van der Waals surface area contributed by atoms with E-state index in [4.69, 9.17) is 9.47 Å². The Kier molecular flexibility index (Phi) is 10.9. The lowest BCUT2D eigenvalue weighted by Gasteiger charge is -2.19. The number of nitrogens with one attached hydrogen (secondary N) is 3. The average molecular weight is 554 g/mol. The first kappa shape index (κ1) is 30.5. The van der Waals surface area contributed by atoms with Crippen LogP contribution in [0.2, 0.25) is 0 Å². The number of carbonyl (C=O) groups excluding carboxylic acids is 3. The molecule has 4 N–H and O–H groups in total. The molecular weight excluding hydrogens is 514 g/mol. The third-order valence-corrected chi connectivity index (χ3v) is 6.44. The van der Waals surface area contributed by atoms with Crippen LogP contribution >= 0.6 is 0 Å². The topological polar surface area (TPSA) is 143 Å². The molecule has 10 heteroatoms. The lowest BCUT2D eigenvalue weighted by Crippen LogP contribution is -2.42. The van der Waals surface area contributed by atoms with Crippen molar-refractivity contribution in [3.8, 4) is 11.1 Å². The first-order chi connectivity index (χ1) is 19.0. The summed E-state index contributed by atoms with van der Waals surface area (Å²) in [6.07, 6.45) is 0.820. The van der Waals surface area contributed by atoms with Gasteiger partial charge in [0.25, 0.3) is 0 Å². The molecular formula is C30H39N3O7. The van der Waals surface area contributed by atoms with Crippen LogP contribution in [-0.2, 0) is 19.1 Å². The highest BCUT2D eigenvalue weighted by molar-refractivity contribution is 5.82. The van der Waals surface area contributed by atoms with Crippen molar-refractivity contribution < 1.29 is 33.8 Å². The number of fused-ring (bicyclic) bond motifs is 3. The van der Waals surface area contributed by atoms with Crippen molar-refractivity contribution in [3.05, 3.63) is 59.7 Å². The Bertz CT molecular complexity index is 1150. The van der Waals surface area contributed by atoms with Gasteiger partial charge < -0.3 is 30.5 Å². The fourth-order valence-electron chi connectivity index (χ4n) is 4.56. The molecule has 10 nitrogen and oxygen atoms in total. The normalized spacial score (nSPS) is 13.0. The molecule has 0 heterocycles. The largest absolute Gasteiger partial charge is 0.480 e. The second kappa shape index (κ2) is 14.3. The van der Waals surface area contributed by atoms with Gasteiger partial charge in [0.1, 0.15) is 18.2 Å². The second-order valence-corrected chi connectivity index (χ2v) is 10.7. The molecule has 2 aromatic rings. The zero-order valence-electron chi connectivity index (χ0n) is 23.3.